The Morgan fingerprint density at radius 1 is 1.20 bits per heavy atom. The van der Waals surface area contributed by atoms with E-state index in [-0.39, 0.29) is 0 Å². The second-order valence-corrected chi connectivity index (χ2v) is 4.43. The van der Waals surface area contributed by atoms with Gasteiger partial charge < -0.3 is 10.6 Å². The summed E-state index contributed by atoms with van der Waals surface area (Å²) in [6.07, 6.45) is 0. The maximum absolute atomic E-state index is 5.74. The summed E-state index contributed by atoms with van der Waals surface area (Å²) in [4.78, 5) is 2.31. The Labute approximate surface area is 93.1 Å². The van der Waals surface area contributed by atoms with Crippen molar-refractivity contribution >= 4 is 5.69 Å². The molecule has 0 aliphatic rings. The van der Waals surface area contributed by atoms with E-state index in [2.05, 4.69) is 50.9 Å². The van der Waals surface area contributed by atoms with Gasteiger partial charge in [-0.25, -0.2) is 0 Å². The zero-order valence-electron chi connectivity index (χ0n) is 10.2. The Kier molecular flexibility index (Phi) is 4.15. The third-order valence-corrected chi connectivity index (χ3v) is 3.17. The zero-order valence-corrected chi connectivity index (χ0v) is 10.2. The molecule has 0 aliphatic carbocycles. The van der Waals surface area contributed by atoms with Crippen molar-refractivity contribution < 1.29 is 0 Å². The summed E-state index contributed by atoms with van der Waals surface area (Å²) in [5.74, 6) is 0.640. The molecule has 1 unspecified atom stereocenters. The molecule has 2 heteroatoms. The summed E-state index contributed by atoms with van der Waals surface area (Å²) in [6.45, 7) is 7.34. The van der Waals surface area contributed by atoms with Gasteiger partial charge in [0.25, 0.3) is 0 Å². The predicted octanol–water partition coefficient (Wildman–Crippen LogP) is 2.63. The minimum atomic E-state index is 0.526. The van der Waals surface area contributed by atoms with Crippen molar-refractivity contribution in [3.05, 3.63) is 29.8 Å². The van der Waals surface area contributed by atoms with Crippen LogP contribution in [-0.4, -0.2) is 13.1 Å². The Morgan fingerprint density at radius 2 is 1.80 bits per heavy atom. The number of hydrogen-bond acceptors (Lipinski definition) is 2. The number of anilines is 1. The lowest BCUT2D eigenvalue weighted by Gasteiger charge is -2.31. The van der Waals surface area contributed by atoms with E-state index in [1.54, 1.807) is 0 Å². The van der Waals surface area contributed by atoms with Gasteiger partial charge in [-0.2, -0.15) is 0 Å². The molecule has 1 aromatic carbocycles. The number of nitrogens with two attached hydrogens (primary N) is 1. The molecule has 1 atom stereocenters. The van der Waals surface area contributed by atoms with E-state index in [4.69, 9.17) is 5.73 Å². The first-order valence-electron chi connectivity index (χ1n) is 5.58. The summed E-state index contributed by atoms with van der Waals surface area (Å²) >= 11 is 0. The number of benzene rings is 1. The zero-order chi connectivity index (χ0) is 11.4. The highest BCUT2D eigenvalue weighted by Crippen LogP contribution is 2.22. The fourth-order valence-electron chi connectivity index (χ4n) is 1.69. The maximum Gasteiger partial charge on any atom is 0.0411 e. The van der Waals surface area contributed by atoms with Crippen molar-refractivity contribution in [2.45, 2.75) is 33.4 Å². The van der Waals surface area contributed by atoms with Gasteiger partial charge in [0.15, 0.2) is 0 Å². The SMILES string of the molecule is CC(C)C(C)N(C)c1ccccc1CN. The molecule has 2 N–H and O–H groups in total. The van der Waals surface area contributed by atoms with E-state index < -0.39 is 0 Å². The third-order valence-electron chi connectivity index (χ3n) is 3.17. The summed E-state index contributed by atoms with van der Waals surface area (Å²) < 4.78 is 0. The lowest BCUT2D eigenvalue weighted by Crippen LogP contribution is -2.33. The number of rotatable bonds is 4. The second kappa shape index (κ2) is 5.17. The second-order valence-electron chi connectivity index (χ2n) is 4.43. The van der Waals surface area contributed by atoms with Gasteiger partial charge in [-0.3, -0.25) is 0 Å². The van der Waals surface area contributed by atoms with Crippen molar-refractivity contribution in [1.29, 1.82) is 0 Å². The largest absolute Gasteiger partial charge is 0.371 e. The van der Waals surface area contributed by atoms with Crippen LogP contribution in [0.4, 0.5) is 5.69 Å². The van der Waals surface area contributed by atoms with E-state index in [9.17, 15) is 0 Å². The molecule has 0 aliphatic heterocycles. The molecule has 0 amide bonds. The van der Waals surface area contributed by atoms with E-state index in [0.29, 0.717) is 18.5 Å². The van der Waals surface area contributed by atoms with Crippen molar-refractivity contribution in [1.82, 2.24) is 0 Å². The summed E-state index contributed by atoms with van der Waals surface area (Å²) in [6, 6.07) is 8.87. The van der Waals surface area contributed by atoms with Gasteiger partial charge in [-0.15, -0.1) is 0 Å². The van der Waals surface area contributed by atoms with Crippen LogP contribution in [0.1, 0.15) is 26.3 Å². The van der Waals surface area contributed by atoms with Crippen molar-refractivity contribution in [2.75, 3.05) is 11.9 Å². The molecule has 0 heterocycles. The lowest BCUT2D eigenvalue weighted by molar-refractivity contribution is 0.505. The lowest BCUT2D eigenvalue weighted by atomic mass is 10.0. The molecular weight excluding hydrogens is 184 g/mol. The molecule has 0 fully saturated rings. The molecule has 0 aromatic heterocycles. The first-order chi connectivity index (χ1) is 7.07. The molecular formula is C13H22N2. The van der Waals surface area contributed by atoms with E-state index in [1.807, 2.05) is 6.07 Å². The average Bonchev–Trinajstić information content (AvgIpc) is 2.26. The molecule has 15 heavy (non-hydrogen) atoms. The first-order valence-corrected chi connectivity index (χ1v) is 5.58. The van der Waals surface area contributed by atoms with Crippen LogP contribution in [0.2, 0.25) is 0 Å². The molecule has 1 rings (SSSR count). The van der Waals surface area contributed by atoms with E-state index in [0.717, 1.165) is 0 Å². The van der Waals surface area contributed by atoms with Crippen LogP contribution in [0.5, 0.6) is 0 Å². The van der Waals surface area contributed by atoms with Gasteiger partial charge in [0.05, 0.1) is 0 Å². The predicted molar refractivity (Wildman–Crippen MR) is 67.0 cm³/mol. The fraction of sp³-hybridized carbons (Fsp3) is 0.538. The van der Waals surface area contributed by atoms with Gasteiger partial charge in [0.1, 0.15) is 0 Å². The van der Waals surface area contributed by atoms with Gasteiger partial charge in [0, 0.05) is 25.3 Å². The molecule has 0 spiro atoms. The monoisotopic (exact) mass is 206 g/mol. The highest BCUT2D eigenvalue weighted by Gasteiger charge is 2.15. The summed E-state index contributed by atoms with van der Waals surface area (Å²) in [5.41, 5.74) is 8.20. The molecule has 0 radical (unpaired) electrons. The Hall–Kier alpha value is -1.02. The van der Waals surface area contributed by atoms with E-state index >= 15 is 0 Å². The smallest absolute Gasteiger partial charge is 0.0411 e. The first kappa shape index (κ1) is 12.1. The minimum Gasteiger partial charge on any atom is -0.371 e. The Morgan fingerprint density at radius 3 is 2.33 bits per heavy atom. The quantitative estimate of drug-likeness (QED) is 0.820. The average molecular weight is 206 g/mol. The molecule has 0 saturated carbocycles. The molecule has 1 aromatic rings. The number of hydrogen-bond donors (Lipinski definition) is 1. The van der Waals surface area contributed by atoms with Crippen molar-refractivity contribution in [3.8, 4) is 0 Å². The van der Waals surface area contributed by atoms with Crippen molar-refractivity contribution in [3.63, 3.8) is 0 Å². The van der Waals surface area contributed by atoms with Crippen LogP contribution < -0.4 is 10.6 Å². The van der Waals surface area contributed by atoms with Crippen molar-refractivity contribution in [2.24, 2.45) is 11.7 Å². The topological polar surface area (TPSA) is 29.3 Å². The van der Waals surface area contributed by atoms with E-state index in [1.165, 1.54) is 11.3 Å². The van der Waals surface area contributed by atoms with Gasteiger partial charge in [-0.1, -0.05) is 32.0 Å². The van der Waals surface area contributed by atoms with Gasteiger partial charge in [0.2, 0.25) is 0 Å². The standard InChI is InChI=1S/C13H22N2/c1-10(2)11(3)15(4)13-8-6-5-7-12(13)9-14/h5-8,10-11H,9,14H2,1-4H3. The van der Waals surface area contributed by atoms with Gasteiger partial charge in [-0.05, 0) is 24.5 Å². The Bertz CT molecular complexity index is 307. The summed E-state index contributed by atoms with van der Waals surface area (Å²) in [5, 5.41) is 0. The summed E-state index contributed by atoms with van der Waals surface area (Å²) in [7, 11) is 2.14. The molecule has 0 saturated heterocycles. The normalized spacial score (nSPS) is 12.9. The third kappa shape index (κ3) is 2.72. The van der Waals surface area contributed by atoms with Crippen LogP contribution >= 0.6 is 0 Å². The van der Waals surface area contributed by atoms with Gasteiger partial charge >= 0.3 is 0 Å². The van der Waals surface area contributed by atoms with Crippen LogP contribution in [-0.2, 0) is 6.54 Å². The van der Waals surface area contributed by atoms with Crippen LogP contribution in [0, 0.1) is 5.92 Å². The van der Waals surface area contributed by atoms with Crippen LogP contribution in [0.15, 0.2) is 24.3 Å². The minimum absolute atomic E-state index is 0.526. The number of nitrogens with zero attached hydrogens (tertiary/aromatic N) is 1. The highest BCUT2D eigenvalue weighted by atomic mass is 15.1. The van der Waals surface area contributed by atoms with Crippen LogP contribution in [0.25, 0.3) is 0 Å². The highest BCUT2D eigenvalue weighted by molar-refractivity contribution is 5.53. The number of para-hydroxylation sites is 1. The molecule has 84 valence electrons. The maximum atomic E-state index is 5.74. The molecule has 2 nitrogen and oxygen atoms in total. The van der Waals surface area contributed by atoms with Crippen LogP contribution in [0.3, 0.4) is 0 Å². The Balaban J connectivity index is 2.94. The fourth-order valence-corrected chi connectivity index (χ4v) is 1.69. The molecule has 0 bridgehead atoms.